The van der Waals surface area contributed by atoms with Crippen LogP contribution in [0.5, 0.6) is 0 Å². The van der Waals surface area contributed by atoms with Gasteiger partial charge in [0.25, 0.3) is 0 Å². The van der Waals surface area contributed by atoms with Crippen LogP contribution in [0.1, 0.15) is 32.1 Å². The van der Waals surface area contributed by atoms with Crippen molar-refractivity contribution in [2.75, 3.05) is 19.7 Å². The topological polar surface area (TPSA) is 29.5 Å². The van der Waals surface area contributed by atoms with Gasteiger partial charge in [-0.1, -0.05) is 15.9 Å². The fourth-order valence-electron chi connectivity index (χ4n) is 2.29. The van der Waals surface area contributed by atoms with E-state index in [1.807, 2.05) is 4.90 Å². The summed E-state index contributed by atoms with van der Waals surface area (Å²) in [5, 5.41) is 0. The highest BCUT2D eigenvalue weighted by molar-refractivity contribution is 9.10. The Bertz CT molecular complexity index is 229. The van der Waals surface area contributed by atoms with Crippen LogP contribution in [-0.4, -0.2) is 41.4 Å². The van der Waals surface area contributed by atoms with Crippen molar-refractivity contribution in [2.24, 2.45) is 0 Å². The molecular weight excluding hydrogens is 258 g/mol. The molecule has 86 valence electrons. The zero-order valence-corrected chi connectivity index (χ0v) is 10.5. The number of alkyl halides is 1. The molecule has 0 saturated carbocycles. The Kier molecular flexibility index (Phi) is 4.03. The fourth-order valence-corrected chi connectivity index (χ4v) is 2.90. The fraction of sp³-hybridized carbons (Fsp3) is 0.909. The van der Waals surface area contributed by atoms with Crippen LogP contribution in [0.15, 0.2) is 0 Å². The Morgan fingerprint density at radius 2 is 2.27 bits per heavy atom. The molecule has 2 atom stereocenters. The second-order valence-corrected chi connectivity index (χ2v) is 5.46. The smallest absolute Gasteiger partial charge is 0.236 e. The highest BCUT2D eigenvalue weighted by Gasteiger charge is 2.27. The third kappa shape index (κ3) is 2.94. The predicted octanol–water partition coefficient (Wildman–Crippen LogP) is 1.94. The lowest BCUT2D eigenvalue weighted by Crippen LogP contribution is -2.42. The van der Waals surface area contributed by atoms with Gasteiger partial charge in [-0.3, -0.25) is 4.79 Å². The first-order chi connectivity index (χ1) is 7.27. The Balaban J connectivity index is 1.75. The van der Waals surface area contributed by atoms with E-state index in [1.165, 1.54) is 12.8 Å². The van der Waals surface area contributed by atoms with Crippen LogP contribution >= 0.6 is 15.9 Å². The molecule has 0 aliphatic carbocycles. The van der Waals surface area contributed by atoms with Crippen LogP contribution in [0.4, 0.5) is 0 Å². The molecule has 0 aromatic carbocycles. The third-order valence-electron chi connectivity index (χ3n) is 3.21. The summed E-state index contributed by atoms with van der Waals surface area (Å²) < 4.78 is 5.56. The first kappa shape index (κ1) is 11.4. The zero-order chi connectivity index (χ0) is 10.7. The summed E-state index contributed by atoms with van der Waals surface area (Å²) in [7, 11) is 0. The lowest BCUT2D eigenvalue weighted by Gasteiger charge is -2.30. The highest BCUT2D eigenvalue weighted by atomic mass is 79.9. The molecule has 1 amide bonds. The maximum atomic E-state index is 11.8. The normalized spacial score (nSPS) is 32.3. The lowest BCUT2D eigenvalue weighted by atomic mass is 10.1. The number of nitrogens with zero attached hydrogens (tertiary/aromatic N) is 1. The number of carbonyl (C=O) groups excluding carboxylic acids is 1. The average molecular weight is 276 g/mol. The zero-order valence-electron chi connectivity index (χ0n) is 8.95. The average Bonchev–Trinajstić information content (AvgIpc) is 2.73. The van der Waals surface area contributed by atoms with Crippen LogP contribution < -0.4 is 0 Å². The van der Waals surface area contributed by atoms with Gasteiger partial charge in [-0.15, -0.1) is 0 Å². The van der Waals surface area contributed by atoms with E-state index in [0.29, 0.717) is 6.10 Å². The van der Waals surface area contributed by atoms with Gasteiger partial charge < -0.3 is 9.64 Å². The number of carbonyl (C=O) groups is 1. The number of hydrogen-bond donors (Lipinski definition) is 0. The van der Waals surface area contributed by atoms with E-state index in [-0.39, 0.29) is 10.7 Å². The van der Waals surface area contributed by atoms with Crippen molar-refractivity contribution in [2.45, 2.75) is 43.0 Å². The van der Waals surface area contributed by atoms with Gasteiger partial charge in [0.2, 0.25) is 5.91 Å². The van der Waals surface area contributed by atoms with Gasteiger partial charge in [-0.05, 0) is 32.1 Å². The molecule has 0 aromatic rings. The van der Waals surface area contributed by atoms with E-state index in [2.05, 4.69) is 15.9 Å². The molecular formula is C11H18BrNO2. The third-order valence-corrected chi connectivity index (χ3v) is 4.06. The van der Waals surface area contributed by atoms with Crippen LogP contribution in [0, 0.1) is 0 Å². The van der Waals surface area contributed by atoms with Gasteiger partial charge in [-0.25, -0.2) is 0 Å². The van der Waals surface area contributed by atoms with Gasteiger partial charge >= 0.3 is 0 Å². The number of ether oxygens (including phenoxy) is 1. The Morgan fingerprint density at radius 3 is 3.00 bits per heavy atom. The summed E-state index contributed by atoms with van der Waals surface area (Å²) in [5.41, 5.74) is 0. The summed E-state index contributed by atoms with van der Waals surface area (Å²) in [6, 6.07) is 0. The molecule has 0 spiro atoms. The maximum Gasteiger partial charge on any atom is 0.236 e. The second-order valence-electron chi connectivity index (χ2n) is 4.36. The first-order valence-electron chi connectivity index (χ1n) is 5.82. The van der Waals surface area contributed by atoms with Gasteiger partial charge in [0.15, 0.2) is 0 Å². The quantitative estimate of drug-likeness (QED) is 0.737. The molecule has 15 heavy (non-hydrogen) atoms. The monoisotopic (exact) mass is 275 g/mol. The number of halogens is 1. The molecule has 0 bridgehead atoms. The van der Waals surface area contributed by atoms with Crippen LogP contribution in [-0.2, 0) is 9.53 Å². The molecule has 2 aliphatic rings. The molecule has 4 heteroatoms. The van der Waals surface area contributed by atoms with E-state index >= 15 is 0 Å². The molecule has 2 unspecified atom stereocenters. The Labute approximate surface area is 99.3 Å². The summed E-state index contributed by atoms with van der Waals surface area (Å²) >= 11 is 3.43. The molecule has 2 rings (SSSR count). The number of amides is 1. The van der Waals surface area contributed by atoms with E-state index < -0.39 is 0 Å². The molecule has 0 radical (unpaired) electrons. The predicted molar refractivity (Wildman–Crippen MR) is 62.1 cm³/mol. The first-order valence-corrected chi connectivity index (χ1v) is 6.73. The molecule has 3 nitrogen and oxygen atoms in total. The van der Waals surface area contributed by atoms with E-state index in [1.54, 1.807) is 0 Å². The molecule has 2 aliphatic heterocycles. The summed E-state index contributed by atoms with van der Waals surface area (Å²) in [5.74, 6) is 0.263. The van der Waals surface area contributed by atoms with Crippen molar-refractivity contribution in [3.63, 3.8) is 0 Å². The number of rotatable bonds is 3. The molecule has 2 saturated heterocycles. The van der Waals surface area contributed by atoms with E-state index in [4.69, 9.17) is 4.74 Å². The Hall–Kier alpha value is -0.0900. The second kappa shape index (κ2) is 5.30. The molecule has 2 fully saturated rings. The minimum absolute atomic E-state index is 0.0516. The minimum Gasteiger partial charge on any atom is -0.378 e. The van der Waals surface area contributed by atoms with E-state index in [9.17, 15) is 4.79 Å². The number of hydrogen-bond acceptors (Lipinski definition) is 2. The standard InChI is InChI=1S/C11H18BrNO2/c12-10-4-1-6-13(11(10)14)7-5-9-3-2-8-15-9/h9-10H,1-8H2. The largest absolute Gasteiger partial charge is 0.378 e. The summed E-state index contributed by atoms with van der Waals surface area (Å²) in [4.78, 5) is 13.8. The SMILES string of the molecule is O=C1C(Br)CCCN1CCC1CCCO1. The summed E-state index contributed by atoms with van der Waals surface area (Å²) in [6.07, 6.45) is 5.85. The van der Waals surface area contributed by atoms with Crippen molar-refractivity contribution >= 4 is 21.8 Å². The number of piperidine rings is 1. The van der Waals surface area contributed by atoms with Crippen molar-refractivity contribution < 1.29 is 9.53 Å². The lowest BCUT2D eigenvalue weighted by molar-refractivity contribution is -0.132. The molecule has 0 aromatic heterocycles. The maximum absolute atomic E-state index is 11.8. The van der Waals surface area contributed by atoms with Crippen LogP contribution in [0.25, 0.3) is 0 Å². The van der Waals surface area contributed by atoms with Crippen molar-refractivity contribution in [1.82, 2.24) is 4.90 Å². The molecule has 2 heterocycles. The van der Waals surface area contributed by atoms with E-state index in [0.717, 1.165) is 39.0 Å². The molecule has 0 N–H and O–H groups in total. The van der Waals surface area contributed by atoms with Crippen molar-refractivity contribution in [3.05, 3.63) is 0 Å². The van der Waals surface area contributed by atoms with Crippen molar-refractivity contribution in [3.8, 4) is 0 Å². The van der Waals surface area contributed by atoms with Crippen LogP contribution in [0.2, 0.25) is 0 Å². The van der Waals surface area contributed by atoms with Crippen molar-refractivity contribution in [1.29, 1.82) is 0 Å². The van der Waals surface area contributed by atoms with Gasteiger partial charge in [0.05, 0.1) is 10.9 Å². The van der Waals surface area contributed by atoms with Gasteiger partial charge in [0.1, 0.15) is 0 Å². The summed E-state index contributed by atoms with van der Waals surface area (Å²) in [6.45, 7) is 2.69. The van der Waals surface area contributed by atoms with Crippen LogP contribution in [0.3, 0.4) is 0 Å². The highest BCUT2D eigenvalue weighted by Crippen LogP contribution is 2.21. The minimum atomic E-state index is 0.0516. The van der Waals surface area contributed by atoms with Gasteiger partial charge in [0, 0.05) is 19.7 Å². The Morgan fingerprint density at radius 1 is 1.40 bits per heavy atom. The number of likely N-dealkylation sites (tertiary alicyclic amines) is 1. The van der Waals surface area contributed by atoms with Gasteiger partial charge in [-0.2, -0.15) is 0 Å².